The van der Waals surface area contributed by atoms with Crippen LogP contribution in [0, 0.1) is 0 Å². The van der Waals surface area contributed by atoms with Crippen molar-refractivity contribution >= 4 is 27.9 Å². The number of para-hydroxylation sites is 1. The van der Waals surface area contributed by atoms with E-state index in [9.17, 15) is 9.59 Å². The first-order valence-corrected chi connectivity index (χ1v) is 9.51. The molecule has 0 spiro atoms. The van der Waals surface area contributed by atoms with Crippen molar-refractivity contribution < 1.29 is 19.1 Å². The van der Waals surface area contributed by atoms with Crippen LogP contribution in [0.15, 0.2) is 77.5 Å². The molecule has 2 aromatic carbocycles. The second kappa shape index (κ2) is 9.80. The Morgan fingerprint density at radius 3 is 2.46 bits per heavy atom. The summed E-state index contributed by atoms with van der Waals surface area (Å²) in [7, 11) is 0. The highest BCUT2D eigenvalue weighted by molar-refractivity contribution is 9.10. The van der Waals surface area contributed by atoms with Gasteiger partial charge in [-0.2, -0.15) is 0 Å². The number of rotatable bonds is 7. The van der Waals surface area contributed by atoms with E-state index in [1.165, 1.54) is 0 Å². The summed E-state index contributed by atoms with van der Waals surface area (Å²) in [6, 6.07) is 17.8. The van der Waals surface area contributed by atoms with Gasteiger partial charge in [0.2, 0.25) is 0 Å². The third-order valence-electron chi connectivity index (χ3n) is 3.95. The first kappa shape index (κ1) is 19.8. The van der Waals surface area contributed by atoms with Crippen LogP contribution in [-0.4, -0.2) is 16.9 Å². The predicted molar refractivity (Wildman–Crippen MR) is 108 cm³/mol. The maximum Gasteiger partial charge on any atom is 0.342 e. The zero-order valence-corrected chi connectivity index (χ0v) is 16.6. The van der Waals surface area contributed by atoms with E-state index in [0.717, 1.165) is 15.6 Å². The summed E-state index contributed by atoms with van der Waals surface area (Å²) in [5.74, 6) is -0.768. The fourth-order valence-corrected chi connectivity index (χ4v) is 2.76. The molecule has 0 N–H and O–H groups in total. The molecule has 3 aromatic rings. The van der Waals surface area contributed by atoms with Crippen molar-refractivity contribution in [3.05, 3.63) is 94.2 Å². The molecule has 0 unspecified atom stereocenters. The molecule has 28 heavy (non-hydrogen) atoms. The van der Waals surface area contributed by atoms with E-state index in [1.807, 2.05) is 36.4 Å². The Balaban J connectivity index is 1.59. The lowest BCUT2D eigenvalue weighted by atomic mass is 10.1. The lowest BCUT2D eigenvalue weighted by Crippen LogP contribution is -2.13. The molecule has 142 valence electrons. The zero-order chi connectivity index (χ0) is 19.8. The largest absolute Gasteiger partial charge is 0.457 e. The van der Waals surface area contributed by atoms with Crippen LogP contribution in [0.5, 0.6) is 5.75 Å². The highest BCUT2D eigenvalue weighted by Gasteiger charge is 2.16. The Labute approximate surface area is 171 Å². The smallest absolute Gasteiger partial charge is 0.342 e. The Bertz CT molecular complexity index is 942. The van der Waals surface area contributed by atoms with Crippen molar-refractivity contribution in [3.63, 3.8) is 0 Å². The van der Waals surface area contributed by atoms with Crippen LogP contribution in [0.2, 0.25) is 0 Å². The summed E-state index contributed by atoms with van der Waals surface area (Å²) < 4.78 is 11.7. The molecule has 0 aliphatic carbocycles. The minimum Gasteiger partial charge on any atom is -0.457 e. The maximum absolute atomic E-state index is 12.4. The number of hydrogen-bond donors (Lipinski definition) is 0. The van der Waals surface area contributed by atoms with Gasteiger partial charge in [-0.25, -0.2) is 4.79 Å². The van der Waals surface area contributed by atoms with Crippen molar-refractivity contribution in [2.45, 2.75) is 19.4 Å². The van der Waals surface area contributed by atoms with Gasteiger partial charge in [0, 0.05) is 16.9 Å². The van der Waals surface area contributed by atoms with Gasteiger partial charge in [-0.1, -0.05) is 46.3 Å². The molecule has 0 fully saturated rings. The van der Waals surface area contributed by atoms with E-state index in [0.29, 0.717) is 6.42 Å². The summed E-state index contributed by atoms with van der Waals surface area (Å²) >= 11 is 3.36. The van der Waals surface area contributed by atoms with Crippen LogP contribution in [-0.2, 0) is 22.6 Å². The first-order valence-electron chi connectivity index (χ1n) is 8.72. The van der Waals surface area contributed by atoms with E-state index < -0.39 is 11.9 Å². The summed E-state index contributed by atoms with van der Waals surface area (Å²) in [5, 5.41) is 0. The van der Waals surface area contributed by atoms with E-state index in [-0.39, 0.29) is 24.3 Å². The van der Waals surface area contributed by atoms with Gasteiger partial charge in [0.25, 0.3) is 0 Å². The number of carbonyl (C=O) groups is 2. The van der Waals surface area contributed by atoms with E-state index in [2.05, 4.69) is 20.9 Å². The van der Waals surface area contributed by atoms with E-state index in [1.54, 1.807) is 36.7 Å². The molecule has 0 amide bonds. The van der Waals surface area contributed by atoms with Crippen LogP contribution in [0.4, 0.5) is 0 Å². The highest BCUT2D eigenvalue weighted by atomic mass is 79.9. The summed E-state index contributed by atoms with van der Waals surface area (Å²) in [6.45, 7) is 0.134. The molecule has 0 radical (unpaired) electrons. The number of aromatic nitrogens is 1. The Hall–Kier alpha value is -2.99. The van der Waals surface area contributed by atoms with Gasteiger partial charge in [0.1, 0.15) is 17.9 Å². The minimum absolute atomic E-state index is 0.134. The van der Waals surface area contributed by atoms with Crippen molar-refractivity contribution in [2.24, 2.45) is 0 Å². The molecule has 1 heterocycles. The molecule has 0 saturated heterocycles. The van der Waals surface area contributed by atoms with Gasteiger partial charge in [-0.15, -0.1) is 0 Å². The van der Waals surface area contributed by atoms with Gasteiger partial charge in [-0.05, 0) is 47.9 Å². The molecule has 5 nitrogen and oxygen atoms in total. The molecular formula is C22H18BrNO4. The standard InChI is InChI=1S/C22H18BrNO4/c23-18-10-7-17(8-11-18)15-27-22(26)19-5-1-2-6-20(19)28-21(25)12-9-16-4-3-13-24-14-16/h1-8,10-11,13-14H,9,12,15H2. The second-order valence-electron chi connectivity index (χ2n) is 6.03. The second-order valence-corrected chi connectivity index (χ2v) is 6.95. The number of hydrogen-bond acceptors (Lipinski definition) is 5. The Morgan fingerprint density at radius 1 is 0.929 bits per heavy atom. The average molecular weight is 440 g/mol. The number of nitrogens with zero attached hydrogens (tertiary/aromatic N) is 1. The lowest BCUT2D eigenvalue weighted by molar-refractivity contribution is -0.134. The van der Waals surface area contributed by atoms with Gasteiger partial charge in [-0.3, -0.25) is 9.78 Å². The van der Waals surface area contributed by atoms with Gasteiger partial charge in [0.15, 0.2) is 0 Å². The highest BCUT2D eigenvalue weighted by Crippen LogP contribution is 2.21. The quantitative estimate of drug-likeness (QED) is 0.392. The van der Waals surface area contributed by atoms with E-state index in [4.69, 9.17) is 9.47 Å². The number of aryl methyl sites for hydroxylation is 1. The monoisotopic (exact) mass is 439 g/mol. The molecule has 0 aliphatic heterocycles. The topological polar surface area (TPSA) is 65.5 Å². The van der Waals surface area contributed by atoms with Crippen LogP contribution in [0.25, 0.3) is 0 Å². The number of halogens is 1. The SMILES string of the molecule is O=C(CCc1cccnc1)Oc1ccccc1C(=O)OCc1ccc(Br)cc1. The Morgan fingerprint density at radius 2 is 1.71 bits per heavy atom. The van der Waals surface area contributed by atoms with Gasteiger partial charge in [0.05, 0.1) is 6.42 Å². The van der Waals surface area contributed by atoms with E-state index >= 15 is 0 Å². The first-order chi connectivity index (χ1) is 13.6. The summed E-state index contributed by atoms with van der Waals surface area (Å²) in [6.07, 6.45) is 4.09. The van der Waals surface area contributed by atoms with Crippen molar-refractivity contribution in [1.82, 2.24) is 4.98 Å². The molecular weight excluding hydrogens is 422 g/mol. The van der Waals surface area contributed by atoms with Crippen molar-refractivity contribution in [3.8, 4) is 5.75 Å². The molecule has 0 atom stereocenters. The van der Waals surface area contributed by atoms with Gasteiger partial charge >= 0.3 is 11.9 Å². The fraction of sp³-hybridized carbons (Fsp3) is 0.136. The van der Waals surface area contributed by atoms with Crippen molar-refractivity contribution in [1.29, 1.82) is 0 Å². The van der Waals surface area contributed by atoms with Gasteiger partial charge < -0.3 is 9.47 Å². The number of esters is 2. The zero-order valence-electron chi connectivity index (χ0n) is 15.0. The lowest BCUT2D eigenvalue weighted by Gasteiger charge is -2.10. The molecule has 6 heteroatoms. The van der Waals surface area contributed by atoms with Crippen LogP contribution in [0.3, 0.4) is 0 Å². The third kappa shape index (κ3) is 5.76. The summed E-state index contributed by atoms with van der Waals surface area (Å²) in [4.78, 5) is 28.6. The average Bonchev–Trinajstić information content (AvgIpc) is 2.73. The van der Waals surface area contributed by atoms with Crippen LogP contribution in [0.1, 0.15) is 27.9 Å². The molecule has 0 aliphatic rings. The maximum atomic E-state index is 12.4. The minimum atomic E-state index is -0.543. The van der Waals surface area contributed by atoms with Crippen LogP contribution < -0.4 is 4.74 Å². The summed E-state index contributed by atoms with van der Waals surface area (Å²) in [5.41, 5.74) is 2.03. The number of benzene rings is 2. The van der Waals surface area contributed by atoms with Crippen LogP contribution >= 0.6 is 15.9 Å². The molecule has 0 bridgehead atoms. The number of ether oxygens (including phenoxy) is 2. The fourth-order valence-electron chi connectivity index (χ4n) is 2.50. The molecule has 0 saturated carbocycles. The van der Waals surface area contributed by atoms with Crippen molar-refractivity contribution in [2.75, 3.05) is 0 Å². The predicted octanol–water partition coefficient (Wildman–Crippen LogP) is 4.74. The Kier molecular flexibility index (Phi) is 6.92. The molecule has 1 aromatic heterocycles. The molecule has 3 rings (SSSR count). The number of pyridine rings is 1. The normalized spacial score (nSPS) is 10.3. The number of carbonyl (C=O) groups excluding carboxylic acids is 2. The third-order valence-corrected chi connectivity index (χ3v) is 4.48.